The van der Waals surface area contributed by atoms with Gasteiger partial charge in [0.2, 0.25) is 0 Å². The SMILES string of the molecule is CCCCCCCCC(CC(O)CCCC)S(=O)(=O)[O-].[Na+]. The second kappa shape index (κ2) is 14.5. The van der Waals surface area contributed by atoms with Crippen LogP contribution in [-0.2, 0) is 10.1 Å². The minimum Gasteiger partial charge on any atom is -0.748 e. The third-order valence-electron chi connectivity index (χ3n) is 3.71. The third-order valence-corrected chi connectivity index (χ3v) is 4.96. The second-order valence-corrected chi connectivity index (χ2v) is 7.36. The summed E-state index contributed by atoms with van der Waals surface area (Å²) >= 11 is 0. The molecule has 0 rings (SSSR count). The molecule has 0 spiro atoms. The van der Waals surface area contributed by atoms with Crippen molar-refractivity contribution in [3.05, 3.63) is 0 Å². The van der Waals surface area contributed by atoms with Crippen molar-refractivity contribution in [1.29, 1.82) is 0 Å². The molecule has 0 aromatic carbocycles. The van der Waals surface area contributed by atoms with Gasteiger partial charge in [-0.3, -0.25) is 0 Å². The maximum Gasteiger partial charge on any atom is 1.00 e. The fourth-order valence-electron chi connectivity index (χ4n) is 2.39. The standard InChI is InChI=1S/C15H32O4S.Na/c1-3-5-7-8-9-10-12-15(20(17,18)19)13-14(16)11-6-4-2;/h14-16H,3-13H2,1-2H3,(H,17,18,19);/q;+1/p-1. The fraction of sp³-hybridized carbons (Fsp3) is 1.00. The molecule has 0 aliphatic carbocycles. The molecule has 0 fully saturated rings. The van der Waals surface area contributed by atoms with Crippen molar-refractivity contribution in [3.8, 4) is 0 Å². The molecule has 0 heterocycles. The quantitative estimate of drug-likeness (QED) is 0.305. The van der Waals surface area contributed by atoms with E-state index in [2.05, 4.69) is 6.92 Å². The Hall–Kier alpha value is 0.870. The Bertz CT molecular complexity index is 320. The average Bonchev–Trinajstić information content (AvgIpc) is 2.37. The smallest absolute Gasteiger partial charge is 0.748 e. The van der Waals surface area contributed by atoms with Gasteiger partial charge in [-0.1, -0.05) is 65.2 Å². The minimum absolute atomic E-state index is 0. The van der Waals surface area contributed by atoms with Crippen molar-refractivity contribution in [2.75, 3.05) is 0 Å². The molecule has 0 amide bonds. The Balaban J connectivity index is 0. The molecule has 122 valence electrons. The number of unbranched alkanes of at least 4 members (excludes halogenated alkanes) is 6. The maximum atomic E-state index is 11.2. The first-order valence-electron chi connectivity index (χ1n) is 8.04. The van der Waals surface area contributed by atoms with Gasteiger partial charge >= 0.3 is 29.6 Å². The van der Waals surface area contributed by atoms with E-state index in [4.69, 9.17) is 0 Å². The van der Waals surface area contributed by atoms with Crippen LogP contribution in [0.25, 0.3) is 0 Å². The monoisotopic (exact) mass is 330 g/mol. The summed E-state index contributed by atoms with van der Waals surface area (Å²) < 4.78 is 33.7. The predicted molar refractivity (Wildman–Crippen MR) is 81.6 cm³/mol. The molecule has 0 aliphatic rings. The number of aliphatic hydroxyl groups excluding tert-OH is 1. The van der Waals surface area contributed by atoms with Crippen LogP contribution in [0.3, 0.4) is 0 Å². The molecule has 6 heteroatoms. The molecule has 0 aromatic heterocycles. The molecule has 0 radical (unpaired) electrons. The van der Waals surface area contributed by atoms with E-state index in [0.717, 1.165) is 32.1 Å². The van der Waals surface area contributed by atoms with E-state index < -0.39 is 21.5 Å². The summed E-state index contributed by atoms with van der Waals surface area (Å²) in [6.45, 7) is 4.17. The van der Waals surface area contributed by atoms with Crippen LogP contribution in [0.5, 0.6) is 0 Å². The molecule has 1 N–H and O–H groups in total. The van der Waals surface area contributed by atoms with Gasteiger partial charge in [0, 0.05) is 0 Å². The molecule has 2 unspecified atom stereocenters. The molecular weight excluding hydrogens is 299 g/mol. The van der Waals surface area contributed by atoms with Crippen molar-refractivity contribution < 1.29 is 47.6 Å². The summed E-state index contributed by atoms with van der Waals surface area (Å²) in [7, 11) is -4.29. The topological polar surface area (TPSA) is 77.4 Å². The van der Waals surface area contributed by atoms with E-state index >= 15 is 0 Å². The Labute approximate surface area is 153 Å². The Kier molecular flexibility index (Phi) is 16.6. The molecule has 0 bridgehead atoms. The van der Waals surface area contributed by atoms with Crippen LogP contribution in [-0.4, -0.2) is 29.4 Å². The van der Waals surface area contributed by atoms with Gasteiger partial charge in [0.1, 0.15) is 0 Å². The van der Waals surface area contributed by atoms with Crippen LogP contribution < -0.4 is 29.6 Å². The minimum atomic E-state index is -4.29. The van der Waals surface area contributed by atoms with Gasteiger partial charge in [0.25, 0.3) is 0 Å². The molecule has 4 nitrogen and oxygen atoms in total. The van der Waals surface area contributed by atoms with Crippen molar-refractivity contribution in [2.45, 2.75) is 95.8 Å². The number of hydrogen-bond donors (Lipinski definition) is 1. The fourth-order valence-corrected chi connectivity index (χ4v) is 3.31. The Morgan fingerprint density at radius 3 is 1.95 bits per heavy atom. The zero-order valence-electron chi connectivity index (χ0n) is 14.0. The summed E-state index contributed by atoms with van der Waals surface area (Å²) in [5.74, 6) is 0. The van der Waals surface area contributed by atoms with Crippen LogP contribution in [0.15, 0.2) is 0 Å². The van der Waals surface area contributed by atoms with Crippen molar-refractivity contribution in [1.82, 2.24) is 0 Å². The molecule has 21 heavy (non-hydrogen) atoms. The Morgan fingerprint density at radius 2 is 1.43 bits per heavy atom. The first-order valence-corrected chi connectivity index (χ1v) is 9.51. The summed E-state index contributed by atoms with van der Waals surface area (Å²) in [4.78, 5) is 0. The second-order valence-electron chi connectivity index (χ2n) is 5.70. The first-order chi connectivity index (χ1) is 9.41. The van der Waals surface area contributed by atoms with E-state index in [0.29, 0.717) is 12.8 Å². The molecule has 0 saturated carbocycles. The maximum absolute atomic E-state index is 11.2. The molecule has 2 atom stereocenters. The normalized spacial score (nSPS) is 14.5. The van der Waals surface area contributed by atoms with Gasteiger partial charge in [0.05, 0.1) is 21.5 Å². The van der Waals surface area contributed by atoms with E-state index in [1.807, 2.05) is 6.92 Å². The summed E-state index contributed by atoms with van der Waals surface area (Å²) in [5.41, 5.74) is 0. The molecular formula is C15H31NaO4S. The molecule has 0 aliphatic heterocycles. The largest absolute Gasteiger partial charge is 1.00 e. The van der Waals surface area contributed by atoms with Gasteiger partial charge in [0.15, 0.2) is 0 Å². The van der Waals surface area contributed by atoms with Gasteiger partial charge in [-0.25, -0.2) is 8.42 Å². The van der Waals surface area contributed by atoms with Crippen LogP contribution in [0.4, 0.5) is 0 Å². The van der Waals surface area contributed by atoms with Gasteiger partial charge in [-0.05, 0) is 19.3 Å². The molecule has 0 aromatic rings. The average molecular weight is 330 g/mol. The van der Waals surface area contributed by atoms with Crippen LogP contribution in [0.2, 0.25) is 0 Å². The number of hydrogen-bond acceptors (Lipinski definition) is 4. The van der Waals surface area contributed by atoms with Crippen LogP contribution in [0, 0.1) is 0 Å². The molecule has 0 saturated heterocycles. The van der Waals surface area contributed by atoms with E-state index in [1.165, 1.54) is 19.3 Å². The van der Waals surface area contributed by atoms with Gasteiger partial charge in [-0.2, -0.15) is 0 Å². The summed E-state index contributed by atoms with van der Waals surface area (Å²) in [6.07, 6.45) is 8.62. The van der Waals surface area contributed by atoms with Crippen LogP contribution in [0.1, 0.15) is 84.5 Å². The van der Waals surface area contributed by atoms with Gasteiger partial charge < -0.3 is 9.66 Å². The van der Waals surface area contributed by atoms with Gasteiger partial charge in [-0.15, -0.1) is 0 Å². The van der Waals surface area contributed by atoms with E-state index in [-0.39, 0.29) is 36.0 Å². The van der Waals surface area contributed by atoms with E-state index in [9.17, 15) is 18.1 Å². The predicted octanol–water partition coefficient (Wildman–Crippen LogP) is 0.596. The third kappa shape index (κ3) is 14.2. The summed E-state index contributed by atoms with van der Waals surface area (Å²) in [5, 5.41) is 8.87. The van der Waals surface area contributed by atoms with Crippen molar-refractivity contribution in [2.24, 2.45) is 0 Å². The van der Waals surface area contributed by atoms with Crippen molar-refractivity contribution in [3.63, 3.8) is 0 Å². The number of rotatable bonds is 13. The van der Waals surface area contributed by atoms with E-state index in [1.54, 1.807) is 0 Å². The zero-order valence-corrected chi connectivity index (χ0v) is 16.8. The number of aliphatic hydroxyl groups is 1. The Morgan fingerprint density at radius 1 is 0.905 bits per heavy atom. The zero-order chi connectivity index (χ0) is 15.4. The summed E-state index contributed by atoms with van der Waals surface area (Å²) in [6, 6.07) is 0. The van der Waals surface area contributed by atoms with Crippen molar-refractivity contribution >= 4 is 10.1 Å². The van der Waals surface area contributed by atoms with Crippen LogP contribution >= 0.6 is 0 Å². The first kappa shape index (κ1) is 24.1.